The van der Waals surface area contributed by atoms with Gasteiger partial charge in [-0.1, -0.05) is 40.0 Å². The second kappa shape index (κ2) is 18.7. The van der Waals surface area contributed by atoms with Crippen LogP contribution in [0.25, 0.3) is 0 Å². The van der Waals surface area contributed by atoms with Crippen molar-refractivity contribution in [3.8, 4) is 0 Å². The predicted octanol–water partition coefficient (Wildman–Crippen LogP) is 2.21. The van der Waals surface area contributed by atoms with Gasteiger partial charge >= 0.3 is 0 Å². The second-order valence-corrected chi connectivity index (χ2v) is 7.20. The first-order valence-electron chi connectivity index (χ1n) is 11.1. The molecule has 28 heavy (non-hydrogen) atoms. The quantitative estimate of drug-likeness (QED) is 0.330. The van der Waals surface area contributed by atoms with Gasteiger partial charge in [0.05, 0.1) is 0 Å². The number of hydrogen-bond acceptors (Lipinski definition) is 4. The Morgan fingerprint density at radius 3 is 1.11 bits per heavy atom. The molecular weight excluding hydrogens is 356 g/mol. The topological polar surface area (TPSA) is 90.5 Å². The Morgan fingerprint density at radius 1 is 0.571 bits per heavy atom. The molecule has 0 aliphatic rings. The highest BCUT2D eigenvalue weighted by molar-refractivity contribution is 5.76. The van der Waals surface area contributed by atoms with E-state index in [0.717, 1.165) is 38.5 Å². The van der Waals surface area contributed by atoms with Crippen LogP contribution in [0, 0.1) is 0 Å². The first-order chi connectivity index (χ1) is 13.5. The Bertz CT molecular complexity index is 368. The van der Waals surface area contributed by atoms with Gasteiger partial charge in [-0.2, -0.15) is 0 Å². The monoisotopic (exact) mass is 398 g/mol. The number of carbonyl (C=O) groups excluding carboxylic acids is 3. The summed E-state index contributed by atoms with van der Waals surface area (Å²) in [6.07, 6.45) is 7.45. The van der Waals surface area contributed by atoms with Gasteiger partial charge in [0.1, 0.15) is 0 Å². The molecule has 7 heteroatoms. The Morgan fingerprint density at radius 2 is 0.857 bits per heavy atom. The fourth-order valence-electron chi connectivity index (χ4n) is 2.67. The zero-order valence-electron chi connectivity index (χ0n) is 18.3. The SMILES string of the molecule is CCCCC(=O)NCCN(CCNC(=O)CCCC)CCNC(=O)CCCC. The van der Waals surface area contributed by atoms with Crippen LogP contribution >= 0.6 is 0 Å². The van der Waals surface area contributed by atoms with Crippen molar-refractivity contribution in [3.63, 3.8) is 0 Å². The van der Waals surface area contributed by atoms with Crippen molar-refractivity contribution in [1.82, 2.24) is 20.9 Å². The molecule has 0 saturated heterocycles. The van der Waals surface area contributed by atoms with Crippen LogP contribution in [0.4, 0.5) is 0 Å². The minimum absolute atomic E-state index is 0.0857. The smallest absolute Gasteiger partial charge is 0.220 e. The fraction of sp³-hybridized carbons (Fsp3) is 0.857. The lowest BCUT2D eigenvalue weighted by molar-refractivity contribution is -0.121. The van der Waals surface area contributed by atoms with E-state index in [1.165, 1.54) is 0 Å². The molecule has 0 heterocycles. The standard InChI is InChI=1S/C21H42N4O3/c1-4-7-10-19(26)22-13-16-25(17-14-23-20(27)11-8-5-2)18-15-24-21(28)12-9-6-3/h4-18H2,1-3H3,(H,22,26)(H,23,27)(H,24,28). The maximum Gasteiger partial charge on any atom is 0.220 e. The van der Waals surface area contributed by atoms with E-state index in [1.54, 1.807) is 0 Å². The third-order valence-electron chi connectivity index (χ3n) is 4.52. The zero-order chi connectivity index (χ0) is 21.0. The summed E-state index contributed by atoms with van der Waals surface area (Å²) in [7, 11) is 0. The highest BCUT2D eigenvalue weighted by Gasteiger charge is 2.08. The molecular formula is C21H42N4O3. The summed E-state index contributed by atoms with van der Waals surface area (Å²) in [5, 5.41) is 8.84. The van der Waals surface area contributed by atoms with Crippen LogP contribution in [0.5, 0.6) is 0 Å². The normalized spacial score (nSPS) is 10.7. The lowest BCUT2D eigenvalue weighted by atomic mass is 10.2. The fourth-order valence-corrected chi connectivity index (χ4v) is 2.67. The molecule has 0 aliphatic heterocycles. The number of hydrogen-bond donors (Lipinski definition) is 3. The zero-order valence-corrected chi connectivity index (χ0v) is 18.3. The molecule has 0 fully saturated rings. The maximum atomic E-state index is 11.7. The number of amides is 3. The summed E-state index contributed by atoms with van der Waals surface area (Å²) in [6.45, 7) is 10.0. The van der Waals surface area contributed by atoms with Crippen molar-refractivity contribution in [2.24, 2.45) is 0 Å². The first-order valence-corrected chi connectivity index (χ1v) is 11.1. The van der Waals surface area contributed by atoms with Crippen molar-refractivity contribution in [2.75, 3.05) is 39.3 Å². The van der Waals surface area contributed by atoms with Crippen LogP contribution < -0.4 is 16.0 Å². The molecule has 7 nitrogen and oxygen atoms in total. The molecule has 0 radical (unpaired) electrons. The first kappa shape index (κ1) is 26.4. The minimum Gasteiger partial charge on any atom is -0.355 e. The molecule has 3 N–H and O–H groups in total. The number of nitrogens with zero attached hydrogens (tertiary/aromatic N) is 1. The van der Waals surface area contributed by atoms with Gasteiger partial charge in [0.25, 0.3) is 0 Å². The van der Waals surface area contributed by atoms with Crippen molar-refractivity contribution >= 4 is 17.7 Å². The summed E-state index contributed by atoms with van der Waals surface area (Å²) in [6, 6.07) is 0. The minimum atomic E-state index is 0.0857. The summed E-state index contributed by atoms with van der Waals surface area (Å²) in [5.74, 6) is 0.257. The van der Waals surface area contributed by atoms with Gasteiger partial charge in [-0.15, -0.1) is 0 Å². The van der Waals surface area contributed by atoms with Gasteiger partial charge in [0.2, 0.25) is 17.7 Å². The van der Waals surface area contributed by atoms with Gasteiger partial charge in [-0.05, 0) is 19.3 Å². The van der Waals surface area contributed by atoms with Crippen LogP contribution in [0.3, 0.4) is 0 Å². The average molecular weight is 399 g/mol. The van der Waals surface area contributed by atoms with Crippen molar-refractivity contribution in [2.45, 2.75) is 78.6 Å². The van der Waals surface area contributed by atoms with Gasteiger partial charge in [0.15, 0.2) is 0 Å². The van der Waals surface area contributed by atoms with E-state index in [4.69, 9.17) is 0 Å². The maximum absolute atomic E-state index is 11.7. The molecule has 0 saturated carbocycles. The molecule has 0 rings (SSSR count). The van der Waals surface area contributed by atoms with Crippen LogP contribution in [-0.2, 0) is 14.4 Å². The Kier molecular flexibility index (Phi) is 17.6. The molecule has 164 valence electrons. The van der Waals surface area contributed by atoms with Crippen molar-refractivity contribution < 1.29 is 14.4 Å². The van der Waals surface area contributed by atoms with Gasteiger partial charge < -0.3 is 16.0 Å². The van der Waals surface area contributed by atoms with E-state index < -0.39 is 0 Å². The Hall–Kier alpha value is -1.63. The molecule has 0 aromatic carbocycles. The van der Waals surface area contributed by atoms with Crippen LogP contribution in [0.15, 0.2) is 0 Å². The van der Waals surface area contributed by atoms with E-state index in [-0.39, 0.29) is 17.7 Å². The van der Waals surface area contributed by atoms with Crippen LogP contribution in [-0.4, -0.2) is 61.9 Å². The molecule has 0 aliphatic carbocycles. The third-order valence-corrected chi connectivity index (χ3v) is 4.52. The number of rotatable bonds is 18. The molecule has 0 aromatic heterocycles. The van der Waals surface area contributed by atoms with Crippen LogP contribution in [0.2, 0.25) is 0 Å². The van der Waals surface area contributed by atoms with E-state index in [2.05, 4.69) is 41.6 Å². The van der Waals surface area contributed by atoms with Crippen molar-refractivity contribution in [3.05, 3.63) is 0 Å². The van der Waals surface area contributed by atoms with E-state index in [0.29, 0.717) is 58.5 Å². The van der Waals surface area contributed by atoms with E-state index in [9.17, 15) is 14.4 Å². The Labute approximate surface area is 171 Å². The molecule has 3 amide bonds. The van der Waals surface area contributed by atoms with Gasteiger partial charge in [0, 0.05) is 58.5 Å². The molecule has 0 bridgehead atoms. The lowest BCUT2D eigenvalue weighted by Crippen LogP contribution is -2.43. The van der Waals surface area contributed by atoms with E-state index >= 15 is 0 Å². The molecule has 0 atom stereocenters. The number of nitrogens with one attached hydrogen (secondary N) is 3. The van der Waals surface area contributed by atoms with Crippen LogP contribution in [0.1, 0.15) is 78.6 Å². The average Bonchev–Trinajstić information content (AvgIpc) is 2.68. The molecule has 0 unspecified atom stereocenters. The summed E-state index contributed by atoms with van der Waals surface area (Å²) < 4.78 is 0. The second-order valence-electron chi connectivity index (χ2n) is 7.20. The molecule has 0 aromatic rings. The summed E-state index contributed by atoms with van der Waals surface area (Å²) in [5.41, 5.74) is 0. The lowest BCUT2D eigenvalue weighted by Gasteiger charge is -2.23. The summed E-state index contributed by atoms with van der Waals surface area (Å²) in [4.78, 5) is 37.4. The van der Waals surface area contributed by atoms with E-state index in [1.807, 2.05) is 0 Å². The highest BCUT2D eigenvalue weighted by atomic mass is 16.2. The van der Waals surface area contributed by atoms with Gasteiger partial charge in [-0.25, -0.2) is 0 Å². The molecule has 0 spiro atoms. The number of unbranched alkanes of at least 4 members (excludes halogenated alkanes) is 3. The van der Waals surface area contributed by atoms with Crippen molar-refractivity contribution in [1.29, 1.82) is 0 Å². The third kappa shape index (κ3) is 16.5. The largest absolute Gasteiger partial charge is 0.355 e. The summed E-state index contributed by atoms with van der Waals surface area (Å²) >= 11 is 0. The highest BCUT2D eigenvalue weighted by Crippen LogP contribution is 1.95. The predicted molar refractivity (Wildman–Crippen MR) is 114 cm³/mol. The number of carbonyl (C=O) groups is 3. The van der Waals surface area contributed by atoms with Gasteiger partial charge in [-0.3, -0.25) is 19.3 Å². The Balaban J connectivity index is 4.23.